The molecule has 92 valence electrons. The highest BCUT2D eigenvalue weighted by molar-refractivity contribution is 5.32. The predicted octanol–water partition coefficient (Wildman–Crippen LogP) is -0.362. The fraction of sp³-hybridized carbons (Fsp3) is 0.636. The van der Waals surface area contributed by atoms with Crippen molar-refractivity contribution in [1.29, 1.82) is 0 Å². The summed E-state index contributed by atoms with van der Waals surface area (Å²) in [7, 11) is 0. The number of nitrogens with one attached hydrogen (secondary N) is 2. The molecular formula is C11H20N2O3. The summed E-state index contributed by atoms with van der Waals surface area (Å²) in [6.45, 7) is 2.76. The van der Waals surface area contributed by atoms with Crippen molar-refractivity contribution in [3.05, 3.63) is 23.6 Å². The highest BCUT2D eigenvalue weighted by Crippen LogP contribution is 2.26. The average Bonchev–Trinajstić information content (AvgIpc) is 2.29. The highest BCUT2D eigenvalue weighted by Gasteiger charge is 2.31. The van der Waals surface area contributed by atoms with Gasteiger partial charge < -0.3 is 26.0 Å². The van der Waals surface area contributed by atoms with E-state index in [0.29, 0.717) is 25.2 Å². The summed E-state index contributed by atoms with van der Waals surface area (Å²) in [5.41, 5.74) is 0.0724. The molecule has 1 aliphatic carbocycles. The molecule has 5 N–H and O–H groups in total. The number of β-amino-alcohol motifs (C(OH)–C–C–N with tert-alkyl or cyclic N) is 1. The molecule has 1 rings (SSSR count). The van der Waals surface area contributed by atoms with Crippen molar-refractivity contribution in [3.63, 3.8) is 0 Å². The Kier molecular flexibility index (Phi) is 4.79. The molecule has 0 aromatic rings. The standard InChI is InChI=1S/C11H20N2O3/c1-11(13-6-8-15)4-2-3-9(10(11)16)12-5-7-14/h2-3,12-16H,4-8H2,1H3. The Balaban J connectivity index is 2.73. The van der Waals surface area contributed by atoms with Crippen LogP contribution >= 0.6 is 0 Å². The summed E-state index contributed by atoms with van der Waals surface area (Å²) in [6.07, 6.45) is 4.42. The lowest BCUT2D eigenvalue weighted by atomic mass is 9.89. The summed E-state index contributed by atoms with van der Waals surface area (Å²) in [5, 5.41) is 33.6. The summed E-state index contributed by atoms with van der Waals surface area (Å²) in [5.74, 6) is 0.219. The number of rotatable bonds is 6. The first-order valence-electron chi connectivity index (χ1n) is 5.45. The minimum Gasteiger partial charge on any atom is -0.508 e. The van der Waals surface area contributed by atoms with Crippen LogP contribution in [0.1, 0.15) is 13.3 Å². The molecule has 0 bridgehead atoms. The third-order valence-electron chi connectivity index (χ3n) is 2.64. The van der Waals surface area contributed by atoms with E-state index in [-0.39, 0.29) is 19.0 Å². The van der Waals surface area contributed by atoms with E-state index >= 15 is 0 Å². The average molecular weight is 228 g/mol. The first-order valence-corrected chi connectivity index (χ1v) is 5.45. The van der Waals surface area contributed by atoms with E-state index in [9.17, 15) is 5.11 Å². The molecule has 0 aromatic heterocycles. The van der Waals surface area contributed by atoms with Crippen molar-refractivity contribution in [2.24, 2.45) is 0 Å². The fourth-order valence-corrected chi connectivity index (χ4v) is 1.71. The first kappa shape index (κ1) is 13.0. The Morgan fingerprint density at radius 3 is 2.62 bits per heavy atom. The first-order chi connectivity index (χ1) is 7.64. The maximum absolute atomic E-state index is 10.1. The lowest BCUT2D eigenvalue weighted by molar-refractivity contribution is 0.225. The molecule has 0 heterocycles. The molecule has 0 saturated carbocycles. The quantitative estimate of drug-likeness (QED) is 0.429. The minimum absolute atomic E-state index is 0.0192. The topological polar surface area (TPSA) is 84.8 Å². The monoisotopic (exact) mass is 228 g/mol. The Morgan fingerprint density at radius 2 is 2.00 bits per heavy atom. The molecule has 0 spiro atoms. The van der Waals surface area contributed by atoms with Gasteiger partial charge in [0.1, 0.15) is 5.76 Å². The van der Waals surface area contributed by atoms with Gasteiger partial charge in [-0.2, -0.15) is 0 Å². The fourth-order valence-electron chi connectivity index (χ4n) is 1.71. The van der Waals surface area contributed by atoms with Gasteiger partial charge >= 0.3 is 0 Å². The lowest BCUT2D eigenvalue weighted by Crippen LogP contribution is -2.47. The highest BCUT2D eigenvalue weighted by atomic mass is 16.3. The van der Waals surface area contributed by atoms with Crippen LogP contribution in [0.2, 0.25) is 0 Å². The molecule has 5 heteroatoms. The Labute approximate surface area is 95.5 Å². The predicted molar refractivity (Wildman–Crippen MR) is 62.0 cm³/mol. The molecule has 16 heavy (non-hydrogen) atoms. The zero-order valence-electron chi connectivity index (χ0n) is 9.53. The van der Waals surface area contributed by atoms with Crippen LogP contribution in [-0.4, -0.2) is 47.2 Å². The smallest absolute Gasteiger partial charge is 0.135 e. The second kappa shape index (κ2) is 5.89. The Hall–Kier alpha value is -1.04. The summed E-state index contributed by atoms with van der Waals surface area (Å²) < 4.78 is 0. The van der Waals surface area contributed by atoms with Crippen molar-refractivity contribution < 1.29 is 15.3 Å². The Morgan fingerprint density at radius 1 is 1.31 bits per heavy atom. The van der Waals surface area contributed by atoms with E-state index in [0.717, 1.165) is 0 Å². The van der Waals surface area contributed by atoms with Gasteiger partial charge in [-0.05, 0) is 19.4 Å². The molecule has 1 aliphatic rings. The molecule has 0 radical (unpaired) electrons. The minimum atomic E-state index is -0.546. The van der Waals surface area contributed by atoms with Gasteiger partial charge in [0.05, 0.1) is 24.4 Å². The van der Waals surface area contributed by atoms with Crippen LogP contribution in [0.15, 0.2) is 23.6 Å². The van der Waals surface area contributed by atoms with Crippen LogP contribution in [0, 0.1) is 0 Å². The molecule has 0 aliphatic heterocycles. The SMILES string of the molecule is CC1(NCCO)CC=CC(NCCO)=C1O. The molecular weight excluding hydrogens is 208 g/mol. The van der Waals surface area contributed by atoms with Gasteiger partial charge in [0.15, 0.2) is 0 Å². The zero-order chi connectivity index (χ0) is 12.0. The van der Waals surface area contributed by atoms with E-state index in [2.05, 4.69) is 10.6 Å². The van der Waals surface area contributed by atoms with Crippen molar-refractivity contribution >= 4 is 0 Å². The number of allylic oxidation sites excluding steroid dienone is 1. The van der Waals surface area contributed by atoms with Gasteiger partial charge in [0.25, 0.3) is 0 Å². The lowest BCUT2D eigenvalue weighted by Gasteiger charge is -2.33. The van der Waals surface area contributed by atoms with Crippen LogP contribution < -0.4 is 10.6 Å². The van der Waals surface area contributed by atoms with Crippen LogP contribution in [0.4, 0.5) is 0 Å². The molecule has 1 unspecified atom stereocenters. The number of aliphatic hydroxyl groups is 3. The van der Waals surface area contributed by atoms with Crippen molar-refractivity contribution in [2.75, 3.05) is 26.3 Å². The van der Waals surface area contributed by atoms with E-state index in [1.165, 1.54) is 0 Å². The maximum Gasteiger partial charge on any atom is 0.135 e. The van der Waals surface area contributed by atoms with Gasteiger partial charge in [-0.1, -0.05) is 6.08 Å². The normalized spacial score (nSPS) is 24.9. The van der Waals surface area contributed by atoms with Crippen LogP contribution in [0.3, 0.4) is 0 Å². The van der Waals surface area contributed by atoms with Crippen molar-refractivity contribution in [3.8, 4) is 0 Å². The molecule has 5 nitrogen and oxygen atoms in total. The summed E-state index contributed by atoms with van der Waals surface area (Å²) >= 11 is 0. The third kappa shape index (κ3) is 2.98. The van der Waals surface area contributed by atoms with Gasteiger partial charge in [-0.15, -0.1) is 0 Å². The van der Waals surface area contributed by atoms with Crippen molar-refractivity contribution in [1.82, 2.24) is 10.6 Å². The van der Waals surface area contributed by atoms with Gasteiger partial charge in [0.2, 0.25) is 0 Å². The van der Waals surface area contributed by atoms with Gasteiger partial charge in [-0.25, -0.2) is 0 Å². The van der Waals surface area contributed by atoms with E-state index in [1.807, 2.05) is 13.0 Å². The molecule has 0 amide bonds. The second-order valence-electron chi connectivity index (χ2n) is 4.00. The van der Waals surface area contributed by atoms with Crippen LogP contribution in [-0.2, 0) is 0 Å². The summed E-state index contributed by atoms with van der Waals surface area (Å²) in [6, 6.07) is 0. The van der Waals surface area contributed by atoms with Crippen molar-refractivity contribution in [2.45, 2.75) is 18.9 Å². The van der Waals surface area contributed by atoms with Crippen LogP contribution in [0.25, 0.3) is 0 Å². The number of aliphatic hydroxyl groups excluding tert-OH is 3. The largest absolute Gasteiger partial charge is 0.508 e. The zero-order valence-corrected chi connectivity index (χ0v) is 9.53. The van der Waals surface area contributed by atoms with Crippen LogP contribution in [0.5, 0.6) is 0 Å². The summed E-state index contributed by atoms with van der Waals surface area (Å²) in [4.78, 5) is 0. The maximum atomic E-state index is 10.1. The number of hydrogen-bond donors (Lipinski definition) is 5. The third-order valence-corrected chi connectivity index (χ3v) is 2.64. The van der Waals surface area contributed by atoms with Gasteiger partial charge in [0, 0.05) is 13.1 Å². The second-order valence-corrected chi connectivity index (χ2v) is 4.00. The van der Waals surface area contributed by atoms with E-state index in [1.54, 1.807) is 6.08 Å². The number of hydrogen-bond acceptors (Lipinski definition) is 5. The van der Waals surface area contributed by atoms with E-state index in [4.69, 9.17) is 10.2 Å². The van der Waals surface area contributed by atoms with E-state index < -0.39 is 5.54 Å². The van der Waals surface area contributed by atoms with Gasteiger partial charge in [-0.3, -0.25) is 0 Å². The Bertz CT molecular complexity index is 289. The molecule has 0 fully saturated rings. The molecule has 1 atom stereocenters. The molecule has 0 aromatic carbocycles. The molecule has 0 saturated heterocycles.